The number of amides is 2. The fourth-order valence-corrected chi connectivity index (χ4v) is 4.84. The molecule has 0 spiro atoms. The summed E-state index contributed by atoms with van der Waals surface area (Å²) in [5.74, 6) is -0.647. The lowest BCUT2D eigenvalue weighted by molar-refractivity contribution is -0.130. The Labute approximate surface area is 242 Å². The van der Waals surface area contributed by atoms with Crippen molar-refractivity contribution < 1.29 is 19.1 Å². The van der Waals surface area contributed by atoms with Crippen molar-refractivity contribution in [1.29, 1.82) is 0 Å². The van der Waals surface area contributed by atoms with E-state index in [1.165, 1.54) is 84.2 Å². The Morgan fingerprint density at radius 3 is 1.74 bits per heavy atom. The van der Waals surface area contributed by atoms with Crippen LogP contribution in [0.2, 0.25) is 0 Å². The smallest absolute Gasteiger partial charge is 0.250 e. The predicted octanol–water partition coefficient (Wildman–Crippen LogP) is 9.06. The first-order valence-electron chi connectivity index (χ1n) is 15.1. The van der Waals surface area contributed by atoms with Crippen molar-refractivity contribution in [1.82, 2.24) is 0 Å². The van der Waals surface area contributed by atoms with Crippen LogP contribution in [0, 0.1) is 5.41 Å². The van der Waals surface area contributed by atoms with Crippen molar-refractivity contribution in [2.75, 3.05) is 17.7 Å². The van der Waals surface area contributed by atoms with Gasteiger partial charge in [-0.2, -0.15) is 0 Å². The number of hydrogen-bond donors (Lipinski definition) is 2. The molecule has 2 N–H and O–H groups in total. The number of halogens is 1. The van der Waals surface area contributed by atoms with E-state index >= 15 is 0 Å². The number of alkyl halides is 1. The Balaban J connectivity index is 2.27. The molecular weight excluding hydrogens is 512 g/mol. The molecular formula is C32H53ClN2O4. The molecule has 39 heavy (non-hydrogen) atoms. The van der Waals surface area contributed by atoms with Crippen molar-refractivity contribution >= 4 is 40.6 Å². The highest BCUT2D eigenvalue weighted by Crippen LogP contribution is 2.29. The zero-order valence-electron chi connectivity index (χ0n) is 25.1. The van der Waals surface area contributed by atoms with Crippen LogP contribution in [0.1, 0.15) is 130 Å². The van der Waals surface area contributed by atoms with Gasteiger partial charge >= 0.3 is 0 Å². The molecule has 0 heterocycles. The minimum Gasteiger partial charge on any atom is -0.495 e. The van der Waals surface area contributed by atoms with Crippen LogP contribution in [-0.4, -0.2) is 30.1 Å². The number of anilines is 2. The average molecular weight is 565 g/mol. The number of Topliss-reactive ketones (excluding diaryl/α,β-unsaturated/α-hetero) is 1. The summed E-state index contributed by atoms with van der Waals surface area (Å²) < 4.78 is 5.32. The number of benzene rings is 1. The van der Waals surface area contributed by atoms with E-state index in [9.17, 15) is 14.4 Å². The van der Waals surface area contributed by atoms with E-state index in [0.717, 1.165) is 19.3 Å². The maximum absolute atomic E-state index is 12.6. The lowest BCUT2D eigenvalue weighted by Gasteiger charge is -2.20. The molecule has 1 unspecified atom stereocenters. The Morgan fingerprint density at radius 2 is 1.28 bits per heavy atom. The molecule has 7 heteroatoms. The van der Waals surface area contributed by atoms with Gasteiger partial charge in [0.15, 0.2) is 11.2 Å². The highest BCUT2D eigenvalue weighted by atomic mass is 35.5. The fourth-order valence-electron chi connectivity index (χ4n) is 4.46. The Kier molecular flexibility index (Phi) is 17.8. The van der Waals surface area contributed by atoms with Crippen LogP contribution in [0.3, 0.4) is 0 Å². The van der Waals surface area contributed by atoms with Gasteiger partial charge in [0.2, 0.25) is 11.8 Å². The number of rotatable bonds is 21. The van der Waals surface area contributed by atoms with E-state index in [2.05, 4.69) is 17.6 Å². The number of ketones is 1. The van der Waals surface area contributed by atoms with Gasteiger partial charge in [-0.1, -0.05) is 118 Å². The molecule has 0 saturated heterocycles. The second kappa shape index (κ2) is 19.9. The van der Waals surface area contributed by atoms with E-state index in [0.29, 0.717) is 23.5 Å². The first-order valence-corrected chi connectivity index (χ1v) is 15.5. The number of hydrogen-bond acceptors (Lipinski definition) is 4. The Hall–Kier alpha value is -2.08. The van der Waals surface area contributed by atoms with Crippen LogP contribution < -0.4 is 15.4 Å². The number of carbonyl (C=O) groups is 3. The van der Waals surface area contributed by atoms with Crippen molar-refractivity contribution in [2.45, 2.75) is 136 Å². The lowest BCUT2D eigenvalue weighted by atomic mass is 9.88. The highest BCUT2D eigenvalue weighted by Gasteiger charge is 2.33. The molecule has 0 aromatic heterocycles. The molecule has 0 fully saturated rings. The van der Waals surface area contributed by atoms with Gasteiger partial charge in [-0.3, -0.25) is 14.4 Å². The van der Waals surface area contributed by atoms with Gasteiger partial charge < -0.3 is 15.4 Å². The summed E-state index contributed by atoms with van der Waals surface area (Å²) in [6.45, 7) is 7.41. The predicted molar refractivity (Wildman–Crippen MR) is 164 cm³/mol. The molecule has 1 aromatic rings. The molecule has 0 aliphatic rings. The fraction of sp³-hybridized carbons (Fsp3) is 0.719. The maximum Gasteiger partial charge on any atom is 0.250 e. The number of ether oxygens (including phenoxy) is 1. The molecule has 2 amide bonds. The zero-order chi connectivity index (χ0) is 29.1. The van der Waals surface area contributed by atoms with Crippen LogP contribution in [0.25, 0.3) is 0 Å². The monoisotopic (exact) mass is 564 g/mol. The van der Waals surface area contributed by atoms with Gasteiger partial charge in [0.05, 0.1) is 12.8 Å². The summed E-state index contributed by atoms with van der Waals surface area (Å²) in [6.07, 6.45) is 19.8. The lowest BCUT2D eigenvalue weighted by Crippen LogP contribution is -2.37. The van der Waals surface area contributed by atoms with Crippen LogP contribution >= 0.6 is 11.6 Å². The second-order valence-electron chi connectivity index (χ2n) is 11.6. The third kappa shape index (κ3) is 15.3. The summed E-state index contributed by atoms with van der Waals surface area (Å²) in [5, 5.41) is 4.23. The molecule has 6 nitrogen and oxygen atoms in total. The first kappa shape index (κ1) is 34.9. The van der Waals surface area contributed by atoms with Crippen LogP contribution in [0.15, 0.2) is 18.2 Å². The minimum absolute atomic E-state index is 0.0646. The van der Waals surface area contributed by atoms with E-state index in [1.54, 1.807) is 39.0 Å². The number of methoxy groups -OCH3 is 1. The summed E-state index contributed by atoms with van der Waals surface area (Å²) >= 11 is 6.12. The molecule has 0 bridgehead atoms. The second-order valence-corrected chi connectivity index (χ2v) is 12.1. The number of carbonyl (C=O) groups excluding carboxylic acids is 3. The Morgan fingerprint density at radius 1 is 0.795 bits per heavy atom. The summed E-state index contributed by atoms with van der Waals surface area (Å²) in [4.78, 5) is 37.4. The van der Waals surface area contributed by atoms with E-state index in [4.69, 9.17) is 16.3 Å². The van der Waals surface area contributed by atoms with Gasteiger partial charge in [-0.25, -0.2) is 0 Å². The topological polar surface area (TPSA) is 84.5 Å². The van der Waals surface area contributed by atoms with Crippen molar-refractivity contribution in [3.63, 3.8) is 0 Å². The largest absolute Gasteiger partial charge is 0.495 e. The molecule has 1 atom stereocenters. The molecule has 0 aliphatic carbocycles. The molecule has 0 saturated carbocycles. The SMILES string of the molecule is CCCCCCCCCCCCCCCCCC(=O)Nc1ccc(OC)c(NC(=O)C(Cl)C(=O)C(C)(C)C)c1. The quantitative estimate of drug-likeness (QED) is 0.0885. The van der Waals surface area contributed by atoms with E-state index in [1.807, 2.05) is 0 Å². The van der Waals surface area contributed by atoms with Gasteiger partial charge in [0.1, 0.15) is 5.75 Å². The van der Waals surface area contributed by atoms with E-state index in [-0.39, 0.29) is 11.7 Å². The molecule has 1 aromatic carbocycles. The van der Waals surface area contributed by atoms with Crippen molar-refractivity contribution in [3.8, 4) is 5.75 Å². The van der Waals surface area contributed by atoms with Crippen LogP contribution in [-0.2, 0) is 14.4 Å². The van der Waals surface area contributed by atoms with Gasteiger partial charge in [0, 0.05) is 17.5 Å². The Bertz CT molecular complexity index is 866. The normalized spacial score (nSPS) is 12.2. The number of nitrogens with one attached hydrogen (secondary N) is 2. The van der Waals surface area contributed by atoms with Crippen molar-refractivity contribution in [2.24, 2.45) is 5.41 Å². The van der Waals surface area contributed by atoms with Gasteiger partial charge in [-0.05, 0) is 24.6 Å². The minimum atomic E-state index is -1.32. The first-order chi connectivity index (χ1) is 18.6. The molecule has 1 rings (SSSR count). The van der Waals surface area contributed by atoms with Gasteiger partial charge in [0.25, 0.3) is 0 Å². The van der Waals surface area contributed by atoms with Crippen LogP contribution in [0.5, 0.6) is 5.75 Å². The molecule has 222 valence electrons. The maximum atomic E-state index is 12.6. The third-order valence-corrected chi connectivity index (χ3v) is 7.34. The summed E-state index contributed by atoms with van der Waals surface area (Å²) in [5.41, 5.74) is 0.154. The standard InChI is InChI=1S/C32H53ClN2O4/c1-6-7-8-9-10-11-12-13-14-15-16-17-18-19-20-21-28(36)34-25-22-23-27(39-5)26(24-25)35-31(38)29(33)30(37)32(2,3)4/h22-24,29H,6-21H2,1-5H3,(H,34,36)(H,35,38). The highest BCUT2D eigenvalue weighted by molar-refractivity contribution is 6.43. The molecule has 0 aliphatic heterocycles. The molecule has 0 radical (unpaired) electrons. The van der Waals surface area contributed by atoms with Crippen molar-refractivity contribution in [3.05, 3.63) is 18.2 Å². The zero-order valence-corrected chi connectivity index (χ0v) is 25.9. The summed E-state index contributed by atoms with van der Waals surface area (Å²) in [6, 6.07) is 5.00. The van der Waals surface area contributed by atoms with E-state index < -0.39 is 16.7 Å². The van der Waals surface area contributed by atoms with Crippen LogP contribution in [0.4, 0.5) is 11.4 Å². The number of unbranched alkanes of at least 4 members (excludes halogenated alkanes) is 14. The van der Waals surface area contributed by atoms with Gasteiger partial charge in [-0.15, -0.1) is 11.6 Å². The third-order valence-electron chi connectivity index (χ3n) is 6.95. The average Bonchev–Trinajstić information content (AvgIpc) is 2.89. The summed E-state index contributed by atoms with van der Waals surface area (Å²) in [7, 11) is 1.48.